The Balaban J connectivity index is 2.11. The number of morpholine rings is 1. The first kappa shape index (κ1) is 9.17. The topological polar surface area (TPSA) is 80.2 Å². The molecule has 76 valence electrons. The van der Waals surface area contributed by atoms with Crippen LogP contribution in [0.15, 0.2) is 12.3 Å². The summed E-state index contributed by atoms with van der Waals surface area (Å²) in [7, 11) is 0. The lowest BCUT2D eigenvalue weighted by molar-refractivity contribution is -0.384. The van der Waals surface area contributed by atoms with E-state index in [1.807, 2.05) is 0 Å². The summed E-state index contributed by atoms with van der Waals surface area (Å²) >= 11 is 0. The maximum atomic E-state index is 10.4. The standard InChI is InChI=1S/C8H11N3O3/c12-11(13)6-3-7(10-4-6)8-5-14-2-1-9-8/h3-4,8-10H,1-2,5H2. The van der Waals surface area contributed by atoms with Crippen molar-refractivity contribution in [3.63, 3.8) is 0 Å². The van der Waals surface area contributed by atoms with Crippen molar-refractivity contribution in [2.24, 2.45) is 0 Å². The average Bonchev–Trinajstić information content (AvgIpc) is 2.68. The SMILES string of the molecule is O=[N+]([O-])c1c[nH]c(C2COCCN2)c1. The smallest absolute Gasteiger partial charge is 0.287 e. The number of nitrogens with zero attached hydrogens (tertiary/aromatic N) is 1. The predicted octanol–water partition coefficient (Wildman–Crippen LogP) is 0.584. The van der Waals surface area contributed by atoms with Crippen molar-refractivity contribution < 1.29 is 9.66 Å². The van der Waals surface area contributed by atoms with Gasteiger partial charge >= 0.3 is 0 Å². The number of aromatic nitrogens is 1. The molecule has 1 atom stereocenters. The van der Waals surface area contributed by atoms with Gasteiger partial charge < -0.3 is 15.0 Å². The Morgan fingerprint density at radius 3 is 3.07 bits per heavy atom. The largest absolute Gasteiger partial charge is 0.378 e. The normalized spacial score (nSPS) is 22.1. The molecule has 0 amide bonds. The van der Waals surface area contributed by atoms with E-state index in [0.29, 0.717) is 13.2 Å². The Morgan fingerprint density at radius 2 is 2.50 bits per heavy atom. The highest BCUT2D eigenvalue weighted by Crippen LogP contribution is 2.19. The molecule has 1 aliphatic heterocycles. The molecule has 1 aromatic rings. The van der Waals surface area contributed by atoms with Gasteiger partial charge in [-0.1, -0.05) is 0 Å². The number of ether oxygens (including phenoxy) is 1. The molecule has 6 heteroatoms. The highest BCUT2D eigenvalue weighted by molar-refractivity contribution is 5.31. The Morgan fingerprint density at radius 1 is 1.64 bits per heavy atom. The van der Waals surface area contributed by atoms with Gasteiger partial charge in [-0.05, 0) is 0 Å². The molecule has 2 heterocycles. The molecule has 1 aromatic heterocycles. The fourth-order valence-corrected chi connectivity index (χ4v) is 1.47. The minimum absolute atomic E-state index is 0.0393. The van der Waals surface area contributed by atoms with Gasteiger partial charge in [0.2, 0.25) is 0 Å². The molecule has 1 fully saturated rings. The molecule has 0 radical (unpaired) electrons. The number of aromatic amines is 1. The maximum absolute atomic E-state index is 10.4. The molecule has 0 spiro atoms. The zero-order valence-corrected chi connectivity index (χ0v) is 7.53. The fourth-order valence-electron chi connectivity index (χ4n) is 1.47. The number of rotatable bonds is 2. The van der Waals surface area contributed by atoms with Gasteiger partial charge in [0.25, 0.3) is 5.69 Å². The molecule has 6 nitrogen and oxygen atoms in total. The summed E-state index contributed by atoms with van der Waals surface area (Å²) in [5, 5.41) is 13.6. The van der Waals surface area contributed by atoms with Crippen LogP contribution in [0.1, 0.15) is 11.7 Å². The molecule has 0 aliphatic carbocycles. The minimum atomic E-state index is -0.413. The summed E-state index contributed by atoms with van der Waals surface area (Å²) < 4.78 is 5.25. The van der Waals surface area contributed by atoms with Crippen LogP contribution in [0.4, 0.5) is 5.69 Å². The van der Waals surface area contributed by atoms with Crippen molar-refractivity contribution >= 4 is 5.69 Å². The van der Waals surface area contributed by atoms with Crippen molar-refractivity contribution in [3.05, 3.63) is 28.1 Å². The summed E-state index contributed by atoms with van der Waals surface area (Å²) in [5.74, 6) is 0. The van der Waals surface area contributed by atoms with E-state index in [9.17, 15) is 10.1 Å². The van der Waals surface area contributed by atoms with E-state index in [2.05, 4.69) is 10.3 Å². The summed E-state index contributed by atoms with van der Waals surface area (Å²) in [4.78, 5) is 12.9. The Hall–Kier alpha value is -1.40. The third-order valence-electron chi connectivity index (χ3n) is 2.20. The van der Waals surface area contributed by atoms with Gasteiger partial charge in [-0.15, -0.1) is 0 Å². The fraction of sp³-hybridized carbons (Fsp3) is 0.500. The average molecular weight is 197 g/mol. The minimum Gasteiger partial charge on any atom is -0.378 e. The molecule has 1 aliphatic rings. The Kier molecular flexibility index (Phi) is 2.47. The number of H-pyrrole nitrogens is 1. The van der Waals surface area contributed by atoms with E-state index in [1.165, 1.54) is 12.3 Å². The summed E-state index contributed by atoms with van der Waals surface area (Å²) in [6.45, 7) is 2.02. The second-order valence-electron chi connectivity index (χ2n) is 3.15. The number of hydrogen-bond acceptors (Lipinski definition) is 4. The zero-order valence-electron chi connectivity index (χ0n) is 7.53. The van der Waals surface area contributed by atoms with E-state index in [0.717, 1.165) is 12.2 Å². The van der Waals surface area contributed by atoms with Crippen molar-refractivity contribution in [2.75, 3.05) is 19.8 Å². The molecular weight excluding hydrogens is 186 g/mol. The second kappa shape index (κ2) is 3.77. The Bertz CT molecular complexity index is 330. The van der Waals surface area contributed by atoms with Crippen molar-refractivity contribution in [1.29, 1.82) is 0 Å². The van der Waals surface area contributed by atoms with Crippen molar-refractivity contribution in [3.8, 4) is 0 Å². The van der Waals surface area contributed by atoms with E-state index in [-0.39, 0.29) is 11.7 Å². The maximum Gasteiger partial charge on any atom is 0.287 e. The van der Waals surface area contributed by atoms with Crippen LogP contribution in [0.5, 0.6) is 0 Å². The molecule has 14 heavy (non-hydrogen) atoms. The van der Waals surface area contributed by atoms with Gasteiger partial charge in [0.05, 0.1) is 30.4 Å². The van der Waals surface area contributed by atoms with E-state index < -0.39 is 4.92 Å². The van der Waals surface area contributed by atoms with Crippen LogP contribution in [0, 0.1) is 10.1 Å². The third kappa shape index (κ3) is 1.75. The molecular formula is C8H11N3O3. The first-order chi connectivity index (χ1) is 6.77. The predicted molar refractivity (Wildman–Crippen MR) is 49.0 cm³/mol. The molecule has 2 rings (SSSR count). The molecule has 1 saturated heterocycles. The molecule has 0 aromatic carbocycles. The highest BCUT2D eigenvalue weighted by Gasteiger charge is 2.19. The summed E-state index contributed by atoms with van der Waals surface area (Å²) in [6.07, 6.45) is 1.39. The van der Waals surface area contributed by atoms with Crippen molar-refractivity contribution in [1.82, 2.24) is 10.3 Å². The number of nitrogens with one attached hydrogen (secondary N) is 2. The number of hydrogen-bond donors (Lipinski definition) is 2. The van der Waals surface area contributed by atoms with E-state index in [1.54, 1.807) is 0 Å². The van der Waals surface area contributed by atoms with Crippen molar-refractivity contribution in [2.45, 2.75) is 6.04 Å². The molecule has 0 saturated carbocycles. The lowest BCUT2D eigenvalue weighted by Gasteiger charge is -2.22. The van der Waals surface area contributed by atoms with Gasteiger partial charge in [0, 0.05) is 18.3 Å². The van der Waals surface area contributed by atoms with Gasteiger partial charge in [-0.25, -0.2) is 0 Å². The van der Waals surface area contributed by atoms with Crippen LogP contribution in [0.3, 0.4) is 0 Å². The van der Waals surface area contributed by atoms with Gasteiger partial charge in [-0.2, -0.15) is 0 Å². The second-order valence-corrected chi connectivity index (χ2v) is 3.15. The van der Waals surface area contributed by atoms with Gasteiger partial charge in [0.15, 0.2) is 0 Å². The van der Waals surface area contributed by atoms with E-state index in [4.69, 9.17) is 4.74 Å². The molecule has 1 unspecified atom stereocenters. The quantitative estimate of drug-likeness (QED) is 0.537. The summed E-state index contributed by atoms with van der Waals surface area (Å²) in [5.41, 5.74) is 0.892. The monoisotopic (exact) mass is 197 g/mol. The van der Waals surface area contributed by atoms with Crippen LogP contribution in [-0.4, -0.2) is 29.7 Å². The number of nitro groups is 1. The lowest BCUT2D eigenvalue weighted by atomic mass is 10.2. The third-order valence-corrected chi connectivity index (χ3v) is 2.20. The summed E-state index contributed by atoms with van der Waals surface area (Å²) in [6, 6.07) is 1.57. The molecule has 0 bridgehead atoms. The van der Waals surface area contributed by atoms with E-state index >= 15 is 0 Å². The van der Waals surface area contributed by atoms with Crippen LogP contribution in [-0.2, 0) is 4.74 Å². The first-order valence-electron chi connectivity index (χ1n) is 4.41. The lowest BCUT2D eigenvalue weighted by Crippen LogP contribution is -2.34. The van der Waals surface area contributed by atoms with Crippen LogP contribution >= 0.6 is 0 Å². The highest BCUT2D eigenvalue weighted by atomic mass is 16.6. The van der Waals surface area contributed by atoms with Gasteiger partial charge in [-0.3, -0.25) is 10.1 Å². The molecule has 2 N–H and O–H groups in total. The van der Waals surface area contributed by atoms with Crippen LogP contribution in [0.2, 0.25) is 0 Å². The zero-order chi connectivity index (χ0) is 9.97. The Labute approximate surface area is 80.4 Å². The van der Waals surface area contributed by atoms with Crippen LogP contribution in [0.25, 0.3) is 0 Å². The van der Waals surface area contributed by atoms with Gasteiger partial charge in [0.1, 0.15) is 0 Å². The first-order valence-corrected chi connectivity index (χ1v) is 4.41. The van der Waals surface area contributed by atoms with Crippen LogP contribution < -0.4 is 5.32 Å².